The lowest BCUT2D eigenvalue weighted by molar-refractivity contribution is -0.384. The number of likely N-dealkylation sites (N-methyl/N-ethyl adjacent to an activating group) is 1. The third kappa shape index (κ3) is 4.86. The molecular formula is C17H18FN3O5S. The largest absolute Gasteiger partial charge is 0.324 e. The summed E-state index contributed by atoms with van der Waals surface area (Å²) in [5.74, 6) is -1.22. The maximum atomic E-state index is 13.0. The number of nitrogens with one attached hydrogen (secondary N) is 1. The standard InChI is InChI=1S/C17H18FN3O5S/c1-3-20(27(25,26)15-8-5-13(18)6-9-15)11-17(22)19-16-10-14(21(23)24)7-4-12(16)2/h4-10H,3,11H2,1-2H3,(H,19,22). The molecule has 0 saturated carbocycles. The van der Waals surface area contributed by atoms with E-state index in [0.29, 0.717) is 5.56 Å². The Morgan fingerprint density at radius 3 is 2.41 bits per heavy atom. The fourth-order valence-electron chi connectivity index (χ4n) is 2.33. The van der Waals surface area contributed by atoms with Crippen LogP contribution in [0.25, 0.3) is 0 Å². The van der Waals surface area contributed by atoms with E-state index in [1.165, 1.54) is 18.2 Å². The SMILES string of the molecule is CCN(CC(=O)Nc1cc([N+](=O)[O-])ccc1C)S(=O)(=O)c1ccc(F)cc1. The van der Waals surface area contributed by atoms with Crippen LogP contribution in [0.2, 0.25) is 0 Å². The second-order valence-corrected chi connectivity index (χ2v) is 7.63. The van der Waals surface area contributed by atoms with E-state index in [0.717, 1.165) is 28.6 Å². The molecule has 0 aromatic heterocycles. The summed E-state index contributed by atoms with van der Waals surface area (Å²) in [7, 11) is -3.99. The van der Waals surface area contributed by atoms with Crippen molar-refractivity contribution < 1.29 is 22.5 Å². The molecule has 0 aliphatic heterocycles. The van der Waals surface area contributed by atoms with Crippen LogP contribution in [-0.2, 0) is 14.8 Å². The topological polar surface area (TPSA) is 110 Å². The molecule has 0 atom stereocenters. The summed E-state index contributed by atoms with van der Waals surface area (Å²) < 4.78 is 39.2. The minimum Gasteiger partial charge on any atom is -0.324 e. The van der Waals surface area contributed by atoms with Gasteiger partial charge in [0.25, 0.3) is 5.69 Å². The average Bonchev–Trinajstić information content (AvgIpc) is 2.61. The van der Waals surface area contributed by atoms with E-state index >= 15 is 0 Å². The maximum Gasteiger partial charge on any atom is 0.271 e. The van der Waals surface area contributed by atoms with Gasteiger partial charge < -0.3 is 5.32 Å². The van der Waals surface area contributed by atoms with Crippen LogP contribution < -0.4 is 5.32 Å². The Labute approximate surface area is 155 Å². The van der Waals surface area contributed by atoms with Gasteiger partial charge in [-0.1, -0.05) is 13.0 Å². The van der Waals surface area contributed by atoms with E-state index in [2.05, 4.69) is 5.32 Å². The normalized spacial score (nSPS) is 11.4. The number of nitro benzene ring substituents is 1. The van der Waals surface area contributed by atoms with Gasteiger partial charge >= 0.3 is 0 Å². The zero-order valence-electron chi connectivity index (χ0n) is 14.7. The number of aryl methyl sites for hydroxylation is 1. The average molecular weight is 395 g/mol. The Kier molecular flexibility index (Phi) is 6.24. The van der Waals surface area contributed by atoms with Crippen molar-refractivity contribution in [3.8, 4) is 0 Å². The summed E-state index contributed by atoms with van der Waals surface area (Å²) in [6, 6.07) is 8.29. The van der Waals surface area contributed by atoms with Crippen LogP contribution in [0, 0.1) is 22.9 Å². The van der Waals surface area contributed by atoms with Crippen LogP contribution in [0.4, 0.5) is 15.8 Å². The first-order chi connectivity index (χ1) is 12.6. The number of anilines is 1. The van der Waals surface area contributed by atoms with Gasteiger partial charge in [-0.15, -0.1) is 0 Å². The molecule has 1 amide bonds. The first-order valence-corrected chi connectivity index (χ1v) is 9.39. The van der Waals surface area contributed by atoms with E-state index in [1.54, 1.807) is 13.8 Å². The highest BCUT2D eigenvalue weighted by molar-refractivity contribution is 7.89. The van der Waals surface area contributed by atoms with Crippen molar-refractivity contribution in [2.75, 3.05) is 18.4 Å². The predicted molar refractivity (Wildman–Crippen MR) is 97.3 cm³/mol. The number of benzene rings is 2. The third-order valence-corrected chi connectivity index (χ3v) is 5.77. The minimum absolute atomic E-state index is 0.0149. The Morgan fingerprint density at radius 1 is 1.22 bits per heavy atom. The zero-order valence-corrected chi connectivity index (χ0v) is 15.5. The van der Waals surface area contributed by atoms with Crippen molar-refractivity contribution in [2.45, 2.75) is 18.7 Å². The molecule has 10 heteroatoms. The first kappa shape index (κ1) is 20.5. The molecule has 2 aromatic rings. The smallest absolute Gasteiger partial charge is 0.271 e. The monoisotopic (exact) mass is 395 g/mol. The summed E-state index contributed by atoms with van der Waals surface area (Å²) >= 11 is 0. The van der Waals surface area contributed by atoms with Gasteiger partial charge in [0.15, 0.2) is 0 Å². The fraction of sp³-hybridized carbons (Fsp3) is 0.235. The molecule has 0 heterocycles. The number of halogens is 1. The first-order valence-electron chi connectivity index (χ1n) is 7.95. The van der Waals surface area contributed by atoms with Crippen LogP contribution in [0.15, 0.2) is 47.4 Å². The third-order valence-electron chi connectivity index (χ3n) is 3.83. The van der Waals surface area contributed by atoms with E-state index in [-0.39, 0.29) is 22.8 Å². The van der Waals surface area contributed by atoms with Crippen molar-refractivity contribution in [2.24, 2.45) is 0 Å². The Bertz CT molecular complexity index is 961. The van der Waals surface area contributed by atoms with Crippen LogP contribution in [0.3, 0.4) is 0 Å². The van der Waals surface area contributed by atoms with Crippen molar-refractivity contribution in [1.29, 1.82) is 0 Å². The molecule has 0 aliphatic carbocycles. The summed E-state index contributed by atoms with van der Waals surface area (Å²) in [6.07, 6.45) is 0. The lowest BCUT2D eigenvalue weighted by Crippen LogP contribution is -2.37. The molecule has 2 rings (SSSR count). The van der Waals surface area contributed by atoms with Gasteiger partial charge in [-0.05, 0) is 36.8 Å². The number of nitrogens with zero attached hydrogens (tertiary/aromatic N) is 2. The van der Waals surface area contributed by atoms with Gasteiger partial charge in [0.2, 0.25) is 15.9 Å². The molecule has 2 aromatic carbocycles. The Hall–Kier alpha value is -2.85. The molecule has 0 aliphatic rings. The molecule has 0 radical (unpaired) electrons. The van der Waals surface area contributed by atoms with Gasteiger partial charge in [0, 0.05) is 18.7 Å². The second kappa shape index (κ2) is 8.23. The molecule has 1 N–H and O–H groups in total. The van der Waals surface area contributed by atoms with Crippen molar-refractivity contribution >= 4 is 27.3 Å². The number of rotatable bonds is 7. The van der Waals surface area contributed by atoms with Gasteiger partial charge in [0.1, 0.15) is 5.82 Å². The number of amides is 1. The van der Waals surface area contributed by atoms with E-state index in [4.69, 9.17) is 0 Å². The number of carbonyl (C=O) groups excluding carboxylic acids is 1. The summed E-state index contributed by atoms with van der Waals surface area (Å²) in [6.45, 7) is 2.75. The fourth-order valence-corrected chi connectivity index (χ4v) is 3.74. The number of sulfonamides is 1. The van der Waals surface area contributed by atoms with Crippen LogP contribution in [-0.4, -0.2) is 36.6 Å². The molecule has 0 spiro atoms. The molecule has 144 valence electrons. The lowest BCUT2D eigenvalue weighted by Gasteiger charge is -2.20. The molecule has 0 saturated heterocycles. The van der Waals surface area contributed by atoms with Gasteiger partial charge in [-0.25, -0.2) is 12.8 Å². The minimum atomic E-state index is -3.99. The second-order valence-electron chi connectivity index (χ2n) is 5.69. The van der Waals surface area contributed by atoms with Crippen LogP contribution in [0.1, 0.15) is 12.5 Å². The van der Waals surface area contributed by atoms with Crippen molar-refractivity contribution in [1.82, 2.24) is 4.31 Å². The lowest BCUT2D eigenvalue weighted by atomic mass is 10.2. The van der Waals surface area contributed by atoms with Crippen molar-refractivity contribution in [3.63, 3.8) is 0 Å². The molecule has 0 unspecified atom stereocenters. The summed E-state index contributed by atoms with van der Waals surface area (Å²) in [4.78, 5) is 22.4. The van der Waals surface area contributed by atoms with E-state index in [1.807, 2.05) is 0 Å². The predicted octanol–water partition coefficient (Wildman–Crippen LogP) is 2.69. The van der Waals surface area contributed by atoms with E-state index < -0.39 is 33.2 Å². The summed E-state index contributed by atoms with van der Waals surface area (Å²) in [5.41, 5.74) is 0.630. The van der Waals surface area contributed by atoms with Crippen molar-refractivity contribution in [3.05, 3.63) is 64.0 Å². The maximum absolute atomic E-state index is 13.0. The zero-order chi connectivity index (χ0) is 20.2. The molecular weight excluding hydrogens is 377 g/mol. The number of hydrogen-bond acceptors (Lipinski definition) is 5. The number of carbonyl (C=O) groups is 1. The molecule has 8 nitrogen and oxygen atoms in total. The number of hydrogen-bond donors (Lipinski definition) is 1. The van der Waals surface area contributed by atoms with Gasteiger partial charge in [0.05, 0.1) is 22.1 Å². The highest BCUT2D eigenvalue weighted by Crippen LogP contribution is 2.22. The Balaban J connectivity index is 2.19. The number of nitro groups is 1. The van der Waals surface area contributed by atoms with Crippen LogP contribution >= 0.6 is 0 Å². The quantitative estimate of drug-likeness (QED) is 0.573. The Morgan fingerprint density at radius 2 is 1.85 bits per heavy atom. The number of non-ortho nitro benzene ring substituents is 1. The highest BCUT2D eigenvalue weighted by Gasteiger charge is 2.25. The van der Waals surface area contributed by atoms with E-state index in [9.17, 15) is 27.7 Å². The molecule has 27 heavy (non-hydrogen) atoms. The highest BCUT2D eigenvalue weighted by atomic mass is 32.2. The van der Waals surface area contributed by atoms with Gasteiger partial charge in [-0.2, -0.15) is 4.31 Å². The molecule has 0 bridgehead atoms. The molecule has 0 fully saturated rings. The van der Waals surface area contributed by atoms with Gasteiger partial charge in [-0.3, -0.25) is 14.9 Å². The van der Waals surface area contributed by atoms with Crippen LogP contribution in [0.5, 0.6) is 0 Å². The summed E-state index contributed by atoms with van der Waals surface area (Å²) in [5, 5.41) is 13.4.